The second-order valence-electron chi connectivity index (χ2n) is 5.15. The summed E-state index contributed by atoms with van der Waals surface area (Å²) in [5.74, 6) is -0.151. The Balaban J connectivity index is 1.71. The number of hydrogen-bond acceptors (Lipinski definition) is 4. The van der Waals surface area contributed by atoms with Crippen molar-refractivity contribution < 1.29 is 4.79 Å². The third-order valence-electron chi connectivity index (χ3n) is 3.29. The van der Waals surface area contributed by atoms with Crippen LogP contribution in [0.25, 0.3) is 11.0 Å². The van der Waals surface area contributed by atoms with Gasteiger partial charge in [0.05, 0.1) is 22.0 Å². The Morgan fingerprint density at radius 2 is 2.22 bits per heavy atom. The minimum atomic E-state index is -0.326. The summed E-state index contributed by atoms with van der Waals surface area (Å²) in [4.78, 5) is 23.9. The van der Waals surface area contributed by atoms with E-state index >= 15 is 0 Å². The lowest BCUT2D eigenvalue weighted by Crippen LogP contribution is -2.22. The zero-order valence-corrected chi connectivity index (χ0v) is 14.2. The second-order valence-corrected chi connectivity index (χ2v) is 6.84. The average Bonchev–Trinajstić information content (AvgIpc) is 2.90. The number of hydrogen-bond donors (Lipinski definition) is 2. The van der Waals surface area contributed by atoms with Crippen LogP contribution in [0.4, 0.5) is 5.69 Å². The summed E-state index contributed by atoms with van der Waals surface area (Å²) in [5.41, 5.74) is 3.53. The number of anilines is 1. The van der Waals surface area contributed by atoms with Gasteiger partial charge >= 0.3 is 0 Å². The molecule has 0 saturated heterocycles. The Morgan fingerprint density at radius 1 is 1.39 bits per heavy atom. The highest BCUT2D eigenvalue weighted by atomic mass is 35.5. The Labute approximate surface area is 142 Å². The highest BCUT2D eigenvalue weighted by Crippen LogP contribution is 2.25. The predicted octanol–water partition coefficient (Wildman–Crippen LogP) is 4.04. The highest BCUT2D eigenvalue weighted by Gasteiger charge is 2.17. The number of aryl methyl sites for hydroxylation is 1. The van der Waals surface area contributed by atoms with E-state index in [1.807, 2.05) is 32.0 Å². The lowest BCUT2D eigenvalue weighted by molar-refractivity contribution is -0.115. The van der Waals surface area contributed by atoms with Gasteiger partial charge in [-0.3, -0.25) is 4.79 Å². The van der Waals surface area contributed by atoms with Crippen LogP contribution in [0.5, 0.6) is 0 Å². The number of thioether (sulfide) groups is 1. The van der Waals surface area contributed by atoms with Gasteiger partial charge < -0.3 is 10.3 Å². The fourth-order valence-corrected chi connectivity index (χ4v) is 3.08. The van der Waals surface area contributed by atoms with Gasteiger partial charge in [-0.25, -0.2) is 9.97 Å². The third-order valence-corrected chi connectivity index (χ3v) is 4.58. The molecule has 5 nitrogen and oxygen atoms in total. The molecule has 1 atom stereocenters. The van der Waals surface area contributed by atoms with Gasteiger partial charge in [-0.15, -0.1) is 0 Å². The first-order valence-electron chi connectivity index (χ1n) is 7.07. The van der Waals surface area contributed by atoms with Crippen LogP contribution in [-0.4, -0.2) is 26.1 Å². The van der Waals surface area contributed by atoms with Crippen molar-refractivity contribution in [3.63, 3.8) is 0 Å². The standard InChI is InChI=1S/C16H15ClN4OS/c1-9-5-6-11-13(8-9)21-16(20-11)23-10(2)15(22)19-12-4-3-7-18-14(12)17/h3-8,10H,1-2H3,(H,19,22)(H,20,21). The number of carbonyl (C=O) groups is 1. The first-order chi connectivity index (χ1) is 11.0. The van der Waals surface area contributed by atoms with Gasteiger partial charge in [-0.05, 0) is 43.7 Å². The summed E-state index contributed by atoms with van der Waals surface area (Å²) < 4.78 is 0. The van der Waals surface area contributed by atoms with E-state index in [-0.39, 0.29) is 16.3 Å². The molecule has 0 aliphatic heterocycles. The Kier molecular flexibility index (Phi) is 4.54. The zero-order chi connectivity index (χ0) is 16.4. The molecular weight excluding hydrogens is 332 g/mol. The van der Waals surface area contributed by atoms with Gasteiger partial charge in [0.15, 0.2) is 10.3 Å². The molecule has 0 aliphatic rings. The van der Waals surface area contributed by atoms with E-state index in [0.717, 1.165) is 16.6 Å². The predicted molar refractivity (Wildman–Crippen MR) is 94.0 cm³/mol. The zero-order valence-electron chi connectivity index (χ0n) is 12.6. The monoisotopic (exact) mass is 346 g/mol. The van der Waals surface area contributed by atoms with Crippen LogP contribution < -0.4 is 5.32 Å². The van der Waals surface area contributed by atoms with E-state index in [9.17, 15) is 4.79 Å². The van der Waals surface area contributed by atoms with Crippen molar-refractivity contribution in [3.8, 4) is 0 Å². The second kappa shape index (κ2) is 6.60. The van der Waals surface area contributed by atoms with Crippen LogP contribution in [0, 0.1) is 6.92 Å². The molecule has 7 heteroatoms. The number of aromatic nitrogens is 3. The molecule has 0 saturated carbocycles. The summed E-state index contributed by atoms with van der Waals surface area (Å²) in [7, 11) is 0. The molecule has 1 unspecified atom stereocenters. The van der Waals surface area contributed by atoms with E-state index in [4.69, 9.17) is 11.6 Å². The van der Waals surface area contributed by atoms with Crippen LogP contribution in [-0.2, 0) is 4.79 Å². The van der Waals surface area contributed by atoms with Crippen LogP contribution in [0.15, 0.2) is 41.7 Å². The van der Waals surface area contributed by atoms with Gasteiger partial charge in [0.25, 0.3) is 0 Å². The Hall–Kier alpha value is -2.05. The lowest BCUT2D eigenvalue weighted by atomic mass is 10.2. The fourth-order valence-electron chi connectivity index (χ4n) is 2.09. The van der Waals surface area contributed by atoms with Gasteiger partial charge in [0, 0.05) is 6.20 Å². The molecule has 23 heavy (non-hydrogen) atoms. The number of amides is 1. The molecule has 0 aliphatic carbocycles. The minimum absolute atomic E-state index is 0.151. The third kappa shape index (κ3) is 3.65. The number of imidazole rings is 1. The van der Waals surface area contributed by atoms with Gasteiger partial charge in [-0.2, -0.15) is 0 Å². The molecule has 2 heterocycles. The molecule has 2 aromatic heterocycles. The first-order valence-corrected chi connectivity index (χ1v) is 8.33. The smallest absolute Gasteiger partial charge is 0.237 e. The summed E-state index contributed by atoms with van der Waals surface area (Å²) >= 11 is 7.32. The minimum Gasteiger partial charge on any atom is -0.333 e. The van der Waals surface area contributed by atoms with Crippen molar-refractivity contribution in [3.05, 3.63) is 47.2 Å². The quantitative estimate of drug-likeness (QED) is 0.552. The molecule has 3 rings (SSSR count). The molecule has 0 fully saturated rings. The largest absolute Gasteiger partial charge is 0.333 e. The van der Waals surface area contributed by atoms with E-state index in [1.54, 1.807) is 18.3 Å². The molecule has 0 spiro atoms. The molecule has 3 aromatic rings. The normalized spacial score (nSPS) is 12.3. The number of H-pyrrole nitrogens is 1. The number of aromatic amines is 1. The maximum Gasteiger partial charge on any atom is 0.237 e. The molecule has 0 bridgehead atoms. The number of rotatable bonds is 4. The topological polar surface area (TPSA) is 70.7 Å². The van der Waals surface area contributed by atoms with Crippen molar-refractivity contribution in [2.45, 2.75) is 24.3 Å². The molecule has 0 radical (unpaired) electrons. The maximum atomic E-state index is 12.3. The Morgan fingerprint density at radius 3 is 3.00 bits per heavy atom. The van der Waals surface area contributed by atoms with Crippen LogP contribution in [0.1, 0.15) is 12.5 Å². The Bertz CT molecular complexity index is 864. The number of fused-ring (bicyclic) bond motifs is 1. The molecule has 118 valence electrons. The summed E-state index contributed by atoms with van der Waals surface area (Å²) in [6, 6.07) is 9.45. The number of carbonyl (C=O) groups excluding carboxylic acids is 1. The van der Waals surface area contributed by atoms with Crippen molar-refractivity contribution in [1.29, 1.82) is 0 Å². The van der Waals surface area contributed by atoms with Gasteiger partial charge in [-0.1, -0.05) is 29.4 Å². The SMILES string of the molecule is Cc1ccc2nc(SC(C)C(=O)Nc3cccnc3Cl)[nH]c2c1. The lowest BCUT2D eigenvalue weighted by Gasteiger charge is -2.11. The van der Waals surface area contributed by atoms with Crippen LogP contribution in [0.3, 0.4) is 0 Å². The van der Waals surface area contributed by atoms with E-state index in [0.29, 0.717) is 10.8 Å². The number of nitrogens with one attached hydrogen (secondary N) is 2. The van der Waals surface area contributed by atoms with Crippen LogP contribution >= 0.6 is 23.4 Å². The van der Waals surface area contributed by atoms with Crippen molar-refractivity contribution in [1.82, 2.24) is 15.0 Å². The number of pyridine rings is 1. The average molecular weight is 347 g/mol. The fraction of sp³-hybridized carbons (Fsp3) is 0.188. The van der Waals surface area contributed by atoms with Crippen molar-refractivity contribution in [2.24, 2.45) is 0 Å². The van der Waals surface area contributed by atoms with Crippen molar-refractivity contribution >= 4 is 46.0 Å². The summed E-state index contributed by atoms with van der Waals surface area (Å²) in [5, 5.41) is 3.44. The molecule has 2 N–H and O–H groups in total. The summed E-state index contributed by atoms with van der Waals surface area (Å²) in [6.45, 7) is 3.85. The highest BCUT2D eigenvalue weighted by molar-refractivity contribution is 8.00. The van der Waals surface area contributed by atoms with E-state index in [1.165, 1.54) is 11.8 Å². The van der Waals surface area contributed by atoms with E-state index in [2.05, 4.69) is 20.3 Å². The number of benzene rings is 1. The molecular formula is C16H15ClN4OS. The van der Waals surface area contributed by atoms with Crippen molar-refractivity contribution in [2.75, 3.05) is 5.32 Å². The van der Waals surface area contributed by atoms with E-state index < -0.39 is 0 Å². The molecule has 1 aromatic carbocycles. The van der Waals surface area contributed by atoms with Gasteiger partial charge in [0.1, 0.15) is 0 Å². The number of nitrogens with zero attached hydrogens (tertiary/aromatic N) is 2. The van der Waals surface area contributed by atoms with Crippen LogP contribution in [0.2, 0.25) is 5.15 Å². The van der Waals surface area contributed by atoms with Gasteiger partial charge in [0.2, 0.25) is 5.91 Å². The first kappa shape index (κ1) is 15.8. The maximum absolute atomic E-state index is 12.3. The number of halogens is 1. The molecule has 1 amide bonds. The summed E-state index contributed by atoms with van der Waals surface area (Å²) in [6.07, 6.45) is 1.58.